The highest BCUT2D eigenvalue weighted by atomic mass is 16.2. The third-order valence-electron chi connectivity index (χ3n) is 5.10. The van der Waals surface area contributed by atoms with Crippen LogP contribution in [0.2, 0.25) is 0 Å². The van der Waals surface area contributed by atoms with Gasteiger partial charge in [0.15, 0.2) is 0 Å². The topological polar surface area (TPSA) is 83.2 Å². The molecule has 1 aliphatic rings. The Morgan fingerprint density at radius 2 is 1.50 bits per heavy atom. The van der Waals surface area contributed by atoms with Gasteiger partial charge in [-0.05, 0) is 48.9 Å². The number of carbonyl (C=O) groups excluding carboxylic acids is 1. The van der Waals surface area contributed by atoms with Crippen LogP contribution in [0.5, 0.6) is 0 Å². The van der Waals surface area contributed by atoms with Crippen LogP contribution in [0.1, 0.15) is 23.6 Å². The van der Waals surface area contributed by atoms with Crippen molar-refractivity contribution in [3.05, 3.63) is 65.2 Å². The molecule has 2 aromatic carbocycles. The largest absolute Gasteiger partial charge is 0.325 e. The minimum absolute atomic E-state index is 0.0368. The van der Waals surface area contributed by atoms with Crippen molar-refractivity contribution >= 4 is 11.6 Å². The van der Waals surface area contributed by atoms with Crippen molar-refractivity contribution in [2.45, 2.75) is 19.5 Å². The highest BCUT2D eigenvalue weighted by Crippen LogP contribution is 2.14. The molecule has 0 unspecified atom stereocenters. The number of nitrogens with one attached hydrogen (secondary N) is 1. The molecule has 0 aliphatic carbocycles. The lowest BCUT2D eigenvalue weighted by Crippen LogP contribution is -2.52. The van der Waals surface area contributed by atoms with Gasteiger partial charge in [-0.1, -0.05) is 12.1 Å². The zero-order chi connectivity index (χ0) is 19.9. The van der Waals surface area contributed by atoms with Crippen LogP contribution >= 0.6 is 0 Å². The molecule has 0 bridgehead atoms. The van der Waals surface area contributed by atoms with Crippen LogP contribution in [0.25, 0.3) is 0 Å². The van der Waals surface area contributed by atoms with Crippen LogP contribution in [0.15, 0.2) is 48.5 Å². The summed E-state index contributed by atoms with van der Waals surface area (Å²) < 4.78 is 0. The van der Waals surface area contributed by atoms with Gasteiger partial charge in [0.2, 0.25) is 5.91 Å². The second kappa shape index (κ2) is 9.14. The van der Waals surface area contributed by atoms with Crippen LogP contribution in [-0.2, 0) is 11.3 Å². The monoisotopic (exact) mass is 373 g/mol. The van der Waals surface area contributed by atoms with Crippen LogP contribution in [0, 0.1) is 22.7 Å². The summed E-state index contributed by atoms with van der Waals surface area (Å²) >= 11 is 0. The summed E-state index contributed by atoms with van der Waals surface area (Å²) in [5.41, 5.74) is 3.15. The highest BCUT2D eigenvalue weighted by Gasteiger charge is 2.25. The van der Waals surface area contributed by atoms with Gasteiger partial charge in [-0.15, -0.1) is 0 Å². The predicted octanol–water partition coefficient (Wildman–Crippen LogP) is 2.57. The fraction of sp³-hybridized carbons (Fsp3) is 0.318. The molecule has 1 saturated heterocycles. The Morgan fingerprint density at radius 3 is 2.04 bits per heavy atom. The zero-order valence-electron chi connectivity index (χ0n) is 15.9. The first-order chi connectivity index (χ1) is 13.6. The van der Waals surface area contributed by atoms with Gasteiger partial charge in [0.1, 0.15) is 0 Å². The molecular weight excluding hydrogens is 350 g/mol. The average Bonchev–Trinajstić information content (AvgIpc) is 2.75. The van der Waals surface area contributed by atoms with Crippen LogP contribution in [0.3, 0.4) is 0 Å². The van der Waals surface area contributed by atoms with Crippen LogP contribution in [-0.4, -0.2) is 47.9 Å². The quantitative estimate of drug-likeness (QED) is 0.871. The van der Waals surface area contributed by atoms with Crippen LogP contribution < -0.4 is 5.32 Å². The van der Waals surface area contributed by atoms with E-state index in [1.807, 2.05) is 31.2 Å². The van der Waals surface area contributed by atoms with Crippen molar-refractivity contribution < 1.29 is 4.79 Å². The molecule has 1 N–H and O–H groups in total. The second-order valence-corrected chi connectivity index (χ2v) is 6.98. The van der Waals surface area contributed by atoms with E-state index in [1.165, 1.54) is 5.56 Å². The maximum absolute atomic E-state index is 12.5. The number of nitriles is 2. The summed E-state index contributed by atoms with van der Waals surface area (Å²) in [7, 11) is 0. The summed E-state index contributed by atoms with van der Waals surface area (Å²) in [5.74, 6) is -0.0368. The first-order valence-corrected chi connectivity index (χ1v) is 9.35. The van der Waals surface area contributed by atoms with Crippen LogP contribution in [0.4, 0.5) is 5.69 Å². The molecule has 6 nitrogen and oxygen atoms in total. The highest BCUT2D eigenvalue weighted by molar-refractivity contribution is 5.94. The van der Waals surface area contributed by atoms with Crippen molar-refractivity contribution in [2.24, 2.45) is 0 Å². The molecule has 0 radical (unpaired) electrons. The van der Waals surface area contributed by atoms with Crippen molar-refractivity contribution in [2.75, 3.05) is 31.5 Å². The Hall–Kier alpha value is -3.19. The Bertz CT molecular complexity index is 885. The summed E-state index contributed by atoms with van der Waals surface area (Å²) in [5, 5.41) is 20.6. The first kappa shape index (κ1) is 19.6. The van der Waals surface area contributed by atoms with Gasteiger partial charge in [0.25, 0.3) is 0 Å². The van der Waals surface area contributed by atoms with E-state index in [0.717, 1.165) is 32.7 Å². The van der Waals surface area contributed by atoms with Gasteiger partial charge in [-0.3, -0.25) is 14.6 Å². The van der Waals surface area contributed by atoms with Gasteiger partial charge in [0, 0.05) is 38.4 Å². The lowest BCUT2D eigenvalue weighted by Gasteiger charge is -2.37. The molecule has 6 heteroatoms. The number of anilines is 1. The number of amides is 1. The number of benzene rings is 2. The van der Waals surface area contributed by atoms with Crippen molar-refractivity contribution in [3.63, 3.8) is 0 Å². The van der Waals surface area contributed by atoms with Gasteiger partial charge in [0.05, 0.1) is 29.3 Å². The third-order valence-corrected chi connectivity index (χ3v) is 5.10. The van der Waals surface area contributed by atoms with Crippen molar-refractivity contribution in [1.82, 2.24) is 9.80 Å². The Labute approximate surface area is 165 Å². The Morgan fingerprint density at radius 1 is 0.964 bits per heavy atom. The molecular formula is C22H23N5O. The fourth-order valence-corrected chi connectivity index (χ4v) is 3.29. The molecule has 0 aromatic heterocycles. The van der Waals surface area contributed by atoms with Crippen molar-refractivity contribution in [1.29, 1.82) is 10.5 Å². The molecule has 28 heavy (non-hydrogen) atoms. The maximum atomic E-state index is 12.5. The van der Waals surface area contributed by atoms with E-state index in [0.29, 0.717) is 16.8 Å². The number of hydrogen-bond donors (Lipinski definition) is 1. The molecule has 1 atom stereocenters. The Balaban J connectivity index is 1.48. The van der Waals surface area contributed by atoms with E-state index in [4.69, 9.17) is 10.5 Å². The summed E-state index contributed by atoms with van der Waals surface area (Å²) in [6.45, 7) is 6.24. The molecule has 1 heterocycles. The smallest absolute Gasteiger partial charge is 0.241 e. The van der Waals surface area contributed by atoms with Gasteiger partial charge >= 0.3 is 0 Å². The van der Waals surface area contributed by atoms with Gasteiger partial charge in [-0.2, -0.15) is 10.5 Å². The molecule has 1 aliphatic heterocycles. The maximum Gasteiger partial charge on any atom is 0.241 e. The van der Waals surface area contributed by atoms with E-state index < -0.39 is 0 Å². The number of carbonyl (C=O) groups is 1. The number of piperazine rings is 1. The predicted molar refractivity (Wildman–Crippen MR) is 107 cm³/mol. The third kappa shape index (κ3) is 4.95. The molecule has 142 valence electrons. The standard InChI is InChI=1S/C22H23N5O/c1-17(22(28)25-21-8-6-19(15-24)7-9-21)27-12-10-26(11-13-27)16-20-4-2-18(14-23)3-5-20/h2-9,17H,10-13,16H2,1H3,(H,25,28)/t17-/m0/s1. The fourth-order valence-electron chi connectivity index (χ4n) is 3.29. The van der Waals surface area contributed by atoms with E-state index in [-0.39, 0.29) is 11.9 Å². The van der Waals surface area contributed by atoms with Gasteiger partial charge < -0.3 is 5.32 Å². The average molecular weight is 373 g/mol. The summed E-state index contributed by atoms with van der Waals surface area (Å²) in [6.07, 6.45) is 0. The van der Waals surface area contributed by atoms with E-state index in [2.05, 4.69) is 27.3 Å². The molecule has 0 saturated carbocycles. The molecule has 0 spiro atoms. The van der Waals surface area contributed by atoms with Gasteiger partial charge in [-0.25, -0.2) is 0 Å². The first-order valence-electron chi connectivity index (χ1n) is 9.35. The normalized spacial score (nSPS) is 16.0. The summed E-state index contributed by atoms with van der Waals surface area (Å²) in [4.78, 5) is 17.1. The lowest BCUT2D eigenvalue weighted by molar-refractivity contribution is -0.121. The SMILES string of the molecule is C[C@@H](C(=O)Nc1ccc(C#N)cc1)N1CCN(Cc2ccc(C#N)cc2)CC1. The molecule has 1 fully saturated rings. The Kier molecular flexibility index (Phi) is 6.39. The van der Waals surface area contributed by atoms with E-state index in [9.17, 15) is 4.79 Å². The number of hydrogen-bond acceptors (Lipinski definition) is 5. The van der Waals surface area contributed by atoms with E-state index in [1.54, 1.807) is 24.3 Å². The minimum atomic E-state index is -0.215. The molecule has 1 amide bonds. The number of rotatable bonds is 5. The van der Waals surface area contributed by atoms with E-state index >= 15 is 0 Å². The molecule has 2 aromatic rings. The minimum Gasteiger partial charge on any atom is -0.325 e. The zero-order valence-corrected chi connectivity index (χ0v) is 15.9. The number of nitrogens with zero attached hydrogens (tertiary/aromatic N) is 4. The summed E-state index contributed by atoms with van der Waals surface area (Å²) in [6, 6.07) is 18.6. The molecule has 3 rings (SSSR count). The second-order valence-electron chi connectivity index (χ2n) is 6.98. The van der Waals surface area contributed by atoms with Crippen molar-refractivity contribution in [3.8, 4) is 12.1 Å². The lowest BCUT2D eigenvalue weighted by atomic mass is 10.1.